The van der Waals surface area contributed by atoms with Crippen LogP contribution in [0.1, 0.15) is 48.1 Å². The molecule has 1 atom stereocenters. The van der Waals surface area contributed by atoms with Gasteiger partial charge in [0.25, 0.3) is 0 Å². The Hall–Kier alpha value is -2.29. The van der Waals surface area contributed by atoms with Gasteiger partial charge >= 0.3 is 0 Å². The molecule has 0 saturated heterocycles. The molecule has 2 rings (SSSR count). The van der Waals surface area contributed by atoms with Crippen molar-refractivity contribution in [2.24, 2.45) is 0 Å². The Labute approximate surface area is 145 Å². The van der Waals surface area contributed by atoms with Gasteiger partial charge in [0, 0.05) is 6.42 Å². The molecule has 128 valence electrons. The first kappa shape index (κ1) is 18.1. The van der Waals surface area contributed by atoms with Gasteiger partial charge in [0.2, 0.25) is 5.91 Å². The van der Waals surface area contributed by atoms with Gasteiger partial charge in [-0.2, -0.15) is 0 Å². The predicted octanol–water partition coefficient (Wildman–Crippen LogP) is 4.65. The fraction of sp³-hybridized carbons (Fsp3) is 0.381. The van der Waals surface area contributed by atoms with Crippen molar-refractivity contribution in [3.05, 3.63) is 64.7 Å². The van der Waals surface area contributed by atoms with Crippen LogP contribution >= 0.6 is 0 Å². The molecule has 3 heteroatoms. The van der Waals surface area contributed by atoms with Gasteiger partial charge in [0.1, 0.15) is 5.75 Å². The van der Waals surface area contributed by atoms with Gasteiger partial charge in [-0.15, -0.1) is 0 Å². The van der Waals surface area contributed by atoms with Crippen LogP contribution in [0, 0.1) is 20.8 Å². The van der Waals surface area contributed by atoms with E-state index in [0.717, 1.165) is 11.3 Å². The van der Waals surface area contributed by atoms with Crippen LogP contribution < -0.4 is 10.1 Å². The molecular weight excluding hydrogens is 298 g/mol. The van der Waals surface area contributed by atoms with Crippen molar-refractivity contribution >= 4 is 5.91 Å². The normalized spacial score (nSPS) is 11.8. The summed E-state index contributed by atoms with van der Waals surface area (Å²) < 4.78 is 5.65. The fourth-order valence-electron chi connectivity index (χ4n) is 2.49. The van der Waals surface area contributed by atoms with Crippen molar-refractivity contribution in [2.45, 2.75) is 46.6 Å². The largest absolute Gasteiger partial charge is 0.494 e. The molecule has 2 aromatic rings. The van der Waals surface area contributed by atoms with E-state index in [2.05, 4.69) is 37.4 Å². The summed E-state index contributed by atoms with van der Waals surface area (Å²) in [4.78, 5) is 12.1. The van der Waals surface area contributed by atoms with Crippen molar-refractivity contribution in [3.8, 4) is 5.75 Å². The summed E-state index contributed by atoms with van der Waals surface area (Å²) in [6, 6.07) is 14.3. The van der Waals surface area contributed by atoms with Gasteiger partial charge < -0.3 is 10.1 Å². The Morgan fingerprint density at radius 1 is 1.04 bits per heavy atom. The molecule has 0 aromatic heterocycles. The Kier molecular flexibility index (Phi) is 6.42. The zero-order valence-corrected chi connectivity index (χ0v) is 15.1. The van der Waals surface area contributed by atoms with E-state index in [-0.39, 0.29) is 11.9 Å². The van der Waals surface area contributed by atoms with E-state index >= 15 is 0 Å². The molecule has 3 nitrogen and oxygen atoms in total. The molecule has 0 aliphatic rings. The van der Waals surface area contributed by atoms with E-state index in [4.69, 9.17) is 4.74 Å². The standard InChI is InChI=1S/C21H27NO2/c1-15-7-11-20(12-8-15)24-13-5-6-21(23)22-18(4)19-10-9-16(2)17(3)14-19/h7-12,14,18H,5-6,13H2,1-4H3,(H,22,23)/t18-/m1/s1. The van der Waals surface area contributed by atoms with Crippen molar-refractivity contribution in [3.63, 3.8) is 0 Å². The number of amides is 1. The Balaban J connectivity index is 1.72. The average Bonchev–Trinajstić information content (AvgIpc) is 2.55. The quantitative estimate of drug-likeness (QED) is 0.753. The monoisotopic (exact) mass is 325 g/mol. The molecule has 0 bridgehead atoms. The third-order valence-electron chi connectivity index (χ3n) is 4.25. The van der Waals surface area contributed by atoms with Crippen LogP contribution in [0.15, 0.2) is 42.5 Å². The number of carbonyl (C=O) groups excluding carboxylic acids is 1. The Morgan fingerprint density at radius 3 is 2.42 bits per heavy atom. The molecule has 24 heavy (non-hydrogen) atoms. The Morgan fingerprint density at radius 2 is 1.75 bits per heavy atom. The zero-order valence-electron chi connectivity index (χ0n) is 15.1. The van der Waals surface area contributed by atoms with Crippen LogP contribution in [0.3, 0.4) is 0 Å². The van der Waals surface area contributed by atoms with E-state index < -0.39 is 0 Å². The number of rotatable bonds is 7. The minimum Gasteiger partial charge on any atom is -0.494 e. The van der Waals surface area contributed by atoms with Gasteiger partial charge in [-0.25, -0.2) is 0 Å². The number of benzene rings is 2. The van der Waals surface area contributed by atoms with E-state index in [0.29, 0.717) is 19.4 Å². The lowest BCUT2D eigenvalue weighted by Gasteiger charge is -2.16. The highest BCUT2D eigenvalue weighted by molar-refractivity contribution is 5.76. The number of ether oxygens (including phenoxy) is 1. The lowest BCUT2D eigenvalue weighted by molar-refractivity contribution is -0.121. The smallest absolute Gasteiger partial charge is 0.220 e. The highest BCUT2D eigenvalue weighted by Gasteiger charge is 2.10. The molecule has 0 heterocycles. The zero-order chi connectivity index (χ0) is 17.5. The number of aryl methyl sites for hydroxylation is 3. The number of hydrogen-bond donors (Lipinski definition) is 1. The van der Waals surface area contributed by atoms with Crippen molar-refractivity contribution < 1.29 is 9.53 Å². The van der Waals surface area contributed by atoms with Gasteiger partial charge in [-0.1, -0.05) is 35.9 Å². The van der Waals surface area contributed by atoms with Gasteiger partial charge in [0.05, 0.1) is 12.6 Å². The summed E-state index contributed by atoms with van der Waals surface area (Å²) in [5.41, 5.74) is 4.87. The fourth-order valence-corrected chi connectivity index (χ4v) is 2.49. The molecular formula is C21H27NO2. The second-order valence-corrected chi connectivity index (χ2v) is 6.40. The number of hydrogen-bond acceptors (Lipinski definition) is 2. The summed E-state index contributed by atoms with van der Waals surface area (Å²) in [5, 5.41) is 3.05. The predicted molar refractivity (Wildman–Crippen MR) is 98.4 cm³/mol. The summed E-state index contributed by atoms with van der Waals surface area (Å²) in [6.07, 6.45) is 1.18. The van der Waals surface area contributed by atoms with Crippen LogP contribution in [-0.2, 0) is 4.79 Å². The molecule has 0 unspecified atom stereocenters. The molecule has 0 spiro atoms. The Bertz CT molecular complexity index is 677. The highest BCUT2D eigenvalue weighted by Crippen LogP contribution is 2.17. The first-order valence-electron chi connectivity index (χ1n) is 8.51. The minimum atomic E-state index is 0.0230. The van der Waals surface area contributed by atoms with Gasteiger partial charge in [-0.3, -0.25) is 4.79 Å². The second kappa shape index (κ2) is 8.53. The van der Waals surface area contributed by atoms with Crippen molar-refractivity contribution in [1.29, 1.82) is 0 Å². The summed E-state index contributed by atoms with van der Waals surface area (Å²) >= 11 is 0. The van der Waals surface area contributed by atoms with Crippen LogP contribution in [0.25, 0.3) is 0 Å². The van der Waals surface area contributed by atoms with Crippen LogP contribution in [-0.4, -0.2) is 12.5 Å². The molecule has 0 radical (unpaired) electrons. The van der Waals surface area contributed by atoms with Crippen LogP contribution in [0.4, 0.5) is 0 Å². The average molecular weight is 325 g/mol. The topological polar surface area (TPSA) is 38.3 Å². The third kappa shape index (κ3) is 5.41. The molecule has 0 aliphatic heterocycles. The van der Waals surface area contributed by atoms with E-state index in [9.17, 15) is 4.79 Å². The maximum Gasteiger partial charge on any atom is 0.220 e. The molecule has 1 N–H and O–H groups in total. The van der Waals surface area contributed by atoms with Gasteiger partial charge in [-0.05, 0) is 62.9 Å². The van der Waals surface area contributed by atoms with Crippen molar-refractivity contribution in [1.82, 2.24) is 5.32 Å². The summed E-state index contributed by atoms with van der Waals surface area (Å²) in [5.74, 6) is 0.915. The highest BCUT2D eigenvalue weighted by atomic mass is 16.5. The van der Waals surface area contributed by atoms with Crippen LogP contribution in [0.5, 0.6) is 5.75 Å². The maximum absolute atomic E-state index is 12.1. The van der Waals surface area contributed by atoms with Crippen molar-refractivity contribution in [2.75, 3.05) is 6.61 Å². The lowest BCUT2D eigenvalue weighted by Crippen LogP contribution is -2.26. The first-order chi connectivity index (χ1) is 11.5. The van der Waals surface area contributed by atoms with E-state index in [1.807, 2.05) is 38.1 Å². The molecule has 0 aliphatic carbocycles. The molecule has 0 saturated carbocycles. The summed E-state index contributed by atoms with van der Waals surface area (Å²) in [6.45, 7) is 8.80. The minimum absolute atomic E-state index is 0.0230. The maximum atomic E-state index is 12.1. The second-order valence-electron chi connectivity index (χ2n) is 6.40. The summed E-state index contributed by atoms with van der Waals surface area (Å²) in [7, 11) is 0. The number of carbonyl (C=O) groups is 1. The molecule has 1 amide bonds. The van der Waals surface area contributed by atoms with E-state index in [1.54, 1.807) is 0 Å². The molecule has 0 fully saturated rings. The van der Waals surface area contributed by atoms with Gasteiger partial charge in [0.15, 0.2) is 0 Å². The molecule has 2 aromatic carbocycles. The number of nitrogens with one attached hydrogen (secondary N) is 1. The SMILES string of the molecule is Cc1ccc(OCCCC(=O)N[C@H](C)c2ccc(C)c(C)c2)cc1. The third-order valence-corrected chi connectivity index (χ3v) is 4.25. The van der Waals surface area contributed by atoms with E-state index in [1.165, 1.54) is 16.7 Å². The van der Waals surface area contributed by atoms with Crippen LogP contribution in [0.2, 0.25) is 0 Å². The lowest BCUT2D eigenvalue weighted by atomic mass is 10.0. The first-order valence-corrected chi connectivity index (χ1v) is 8.51.